The van der Waals surface area contributed by atoms with E-state index in [1.54, 1.807) is 0 Å². The molecular weight excluding hydrogens is 196 g/mol. The van der Waals surface area contributed by atoms with Gasteiger partial charge in [0.25, 0.3) is 0 Å². The minimum Gasteiger partial charge on any atom is -0.488 e. The van der Waals surface area contributed by atoms with Gasteiger partial charge in [0, 0.05) is 0 Å². The van der Waals surface area contributed by atoms with Crippen LogP contribution in [0.15, 0.2) is 24.3 Å². The van der Waals surface area contributed by atoms with Crippen LogP contribution in [-0.2, 0) is 0 Å². The van der Waals surface area contributed by atoms with Crippen molar-refractivity contribution >= 4 is 11.6 Å². The van der Waals surface area contributed by atoms with Gasteiger partial charge in [0.15, 0.2) is 0 Å². The second kappa shape index (κ2) is 4.52. The maximum atomic E-state index is 6.09. The summed E-state index contributed by atoms with van der Waals surface area (Å²) in [5, 5.41) is 0.692. The van der Waals surface area contributed by atoms with Crippen LogP contribution in [0.3, 0.4) is 0 Å². The topological polar surface area (TPSA) is 9.23 Å². The number of halogens is 1. The Hall–Kier alpha value is -0.950. The van der Waals surface area contributed by atoms with E-state index in [2.05, 4.69) is 6.58 Å². The fourth-order valence-corrected chi connectivity index (χ4v) is 1.38. The lowest BCUT2D eigenvalue weighted by Crippen LogP contribution is -1.99. The maximum Gasteiger partial charge on any atom is 0.138 e. The summed E-state index contributed by atoms with van der Waals surface area (Å²) < 4.78 is 5.53. The average Bonchev–Trinajstić information content (AvgIpc) is 2.08. The zero-order valence-corrected chi connectivity index (χ0v) is 9.61. The molecule has 0 heterocycles. The number of aryl methyl sites for hydroxylation is 2. The summed E-state index contributed by atoms with van der Waals surface area (Å²) in [6, 6.07) is 3.98. The molecule has 0 fully saturated rings. The molecule has 0 N–H and O–H groups in total. The van der Waals surface area contributed by atoms with Crippen LogP contribution in [-0.4, -0.2) is 6.61 Å². The van der Waals surface area contributed by atoms with Crippen molar-refractivity contribution in [3.05, 3.63) is 40.4 Å². The van der Waals surface area contributed by atoms with E-state index in [-0.39, 0.29) is 0 Å². The highest BCUT2D eigenvalue weighted by molar-refractivity contribution is 6.32. The lowest BCUT2D eigenvalue weighted by Gasteiger charge is -2.10. The van der Waals surface area contributed by atoms with Gasteiger partial charge < -0.3 is 4.74 Å². The van der Waals surface area contributed by atoms with E-state index in [1.165, 1.54) is 0 Å². The molecule has 1 aromatic rings. The molecule has 76 valence electrons. The van der Waals surface area contributed by atoms with Gasteiger partial charge in [0.1, 0.15) is 12.4 Å². The van der Waals surface area contributed by atoms with Gasteiger partial charge >= 0.3 is 0 Å². The third-order valence-electron chi connectivity index (χ3n) is 1.84. The molecule has 1 nitrogen and oxygen atoms in total. The van der Waals surface area contributed by atoms with Crippen molar-refractivity contribution in [1.82, 2.24) is 0 Å². The molecule has 0 atom stereocenters. The van der Waals surface area contributed by atoms with Gasteiger partial charge in [-0.3, -0.25) is 0 Å². The lowest BCUT2D eigenvalue weighted by atomic mass is 10.1. The van der Waals surface area contributed by atoms with E-state index in [1.807, 2.05) is 32.9 Å². The minimum absolute atomic E-state index is 0.516. The lowest BCUT2D eigenvalue weighted by molar-refractivity contribution is 0.352. The molecule has 1 aromatic carbocycles. The summed E-state index contributed by atoms with van der Waals surface area (Å²) in [7, 11) is 0. The van der Waals surface area contributed by atoms with Crippen molar-refractivity contribution in [3.63, 3.8) is 0 Å². The van der Waals surface area contributed by atoms with Crippen LogP contribution in [0.1, 0.15) is 18.1 Å². The summed E-state index contributed by atoms with van der Waals surface area (Å²) in [4.78, 5) is 0. The fourth-order valence-electron chi connectivity index (χ4n) is 1.22. The molecule has 1 rings (SSSR count). The first-order valence-electron chi connectivity index (χ1n) is 4.54. The number of benzene rings is 1. The molecule has 0 radical (unpaired) electrons. The second-order valence-corrected chi connectivity index (χ2v) is 4.02. The maximum absolute atomic E-state index is 6.09. The van der Waals surface area contributed by atoms with E-state index >= 15 is 0 Å². The molecule has 0 amide bonds. The first kappa shape index (κ1) is 11.1. The molecule has 2 heteroatoms. The van der Waals surface area contributed by atoms with E-state index in [4.69, 9.17) is 16.3 Å². The van der Waals surface area contributed by atoms with Gasteiger partial charge in [-0.1, -0.05) is 24.2 Å². The highest BCUT2D eigenvalue weighted by Crippen LogP contribution is 2.29. The Balaban J connectivity index is 2.90. The van der Waals surface area contributed by atoms with Crippen LogP contribution < -0.4 is 4.74 Å². The Morgan fingerprint density at radius 1 is 1.43 bits per heavy atom. The molecule has 0 spiro atoms. The first-order chi connectivity index (χ1) is 6.50. The molecule has 0 bridgehead atoms. The molecule has 0 aliphatic rings. The fraction of sp³-hybridized carbons (Fsp3) is 0.333. The number of rotatable bonds is 3. The monoisotopic (exact) mass is 210 g/mol. The van der Waals surface area contributed by atoms with Gasteiger partial charge in [-0.25, -0.2) is 0 Å². The van der Waals surface area contributed by atoms with Crippen LogP contribution in [0.2, 0.25) is 5.02 Å². The molecule has 0 aliphatic heterocycles. The third kappa shape index (κ3) is 2.78. The van der Waals surface area contributed by atoms with Crippen molar-refractivity contribution < 1.29 is 4.74 Å². The van der Waals surface area contributed by atoms with Crippen LogP contribution in [0.4, 0.5) is 0 Å². The van der Waals surface area contributed by atoms with Gasteiger partial charge in [0.05, 0.1) is 5.02 Å². The molecule has 0 aromatic heterocycles. The van der Waals surface area contributed by atoms with Crippen molar-refractivity contribution in [2.75, 3.05) is 6.61 Å². The Morgan fingerprint density at radius 2 is 2.07 bits per heavy atom. The van der Waals surface area contributed by atoms with Gasteiger partial charge in [-0.05, 0) is 43.5 Å². The Morgan fingerprint density at radius 3 is 2.64 bits per heavy atom. The predicted molar refractivity (Wildman–Crippen MR) is 61.2 cm³/mol. The Kier molecular flexibility index (Phi) is 3.59. The van der Waals surface area contributed by atoms with E-state index < -0.39 is 0 Å². The third-order valence-corrected chi connectivity index (χ3v) is 2.32. The van der Waals surface area contributed by atoms with E-state index in [0.29, 0.717) is 11.6 Å². The first-order valence-corrected chi connectivity index (χ1v) is 4.92. The molecule has 0 saturated carbocycles. The van der Waals surface area contributed by atoms with Gasteiger partial charge in [-0.2, -0.15) is 0 Å². The van der Waals surface area contributed by atoms with Crippen LogP contribution >= 0.6 is 11.6 Å². The molecule has 14 heavy (non-hydrogen) atoms. The minimum atomic E-state index is 0.516. The zero-order valence-electron chi connectivity index (χ0n) is 8.86. The summed E-state index contributed by atoms with van der Waals surface area (Å²) in [5.41, 5.74) is 3.19. The zero-order chi connectivity index (χ0) is 10.7. The largest absolute Gasteiger partial charge is 0.488 e. The quantitative estimate of drug-likeness (QED) is 0.688. The molecular formula is C12H15ClO. The summed E-state index contributed by atoms with van der Waals surface area (Å²) in [6.07, 6.45) is 0. The summed E-state index contributed by atoms with van der Waals surface area (Å²) in [6.45, 7) is 10.2. The van der Waals surface area contributed by atoms with E-state index in [0.717, 1.165) is 22.4 Å². The van der Waals surface area contributed by atoms with Gasteiger partial charge in [-0.15, -0.1) is 0 Å². The van der Waals surface area contributed by atoms with Crippen molar-refractivity contribution in [3.8, 4) is 5.75 Å². The number of ether oxygens (including phenoxy) is 1. The number of hydrogen-bond acceptors (Lipinski definition) is 1. The average molecular weight is 211 g/mol. The standard InChI is InChI=1S/C12H15ClO/c1-8(2)7-14-11-6-9(3)5-10(4)12(11)13/h5-6H,1,7H2,2-4H3. The smallest absolute Gasteiger partial charge is 0.138 e. The van der Waals surface area contributed by atoms with Crippen LogP contribution in [0, 0.1) is 13.8 Å². The predicted octanol–water partition coefficient (Wildman–Crippen LogP) is 3.91. The van der Waals surface area contributed by atoms with Gasteiger partial charge in [0.2, 0.25) is 0 Å². The second-order valence-electron chi connectivity index (χ2n) is 3.64. The SMILES string of the molecule is C=C(C)COc1cc(C)cc(C)c1Cl. The molecule has 0 saturated heterocycles. The number of hydrogen-bond donors (Lipinski definition) is 0. The summed E-state index contributed by atoms with van der Waals surface area (Å²) >= 11 is 6.09. The highest BCUT2D eigenvalue weighted by Gasteiger charge is 2.05. The van der Waals surface area contributed by atoms with Crippen LogP contribution in [0.5, 0.6) is 5.75 Å². The van der Waals surface area contributed by atoms with Crippen LogP contribution in [0.25, 0.3) is 0 Å². The Bertz CT molecular complexity index is 356. The Labute approximate surface area is 90.3 Å². The highest BCUT2D eigenvalue weighted by atomic mass is 35.5. The van der Waals surface area contributed by atoms with Crippen molar-refractivity contribution in [1.29, 1.82) is 0 Å². The van der Waals surface area contributed by atoms with Crippen molar-refractivity contribution in [2.45, 2.75) is 20.8 Å². The molecule has 0 aliphatic carbocycles. The normalized spacial score (nSPS) is 10.0. The summed E-state index contributed by atoms with van der Waals surface area (Å²) in [5.74, 6) is 0.743. The van der Waals surface area contributed by atoms with Crippen molar-refractivity contribution in [2.24, 2.45) is 0 Å². The molecule has 0 unspecified atom stereocenters. The van der Waals surface area contributed by atoms with E-state index in [9.17, 15) is 0 Å².